The number of carbonyl (C=O) groups is 1. The maximum absolute atomic E-state index is 13.5. The summed E-state index contributed by atoms with van der Waals surface area (Å²) < 4.78 is 13.5. The highest BCUT2D eigenvalue weighted by molar-refractivity contribution is 5.98. The van der Waals surface area contributed by atoms with Gasteiger partial charge >= 0.3 is 0 Å². The zero-order chi connectivity index (χ0) is 14.3. The molecule has 0 aromatic heterocycles. The van der Waals surface area contributed by atoms with Crippen molar-refractivity contribution < 1.29 is 19.4 Å². The molecule has 0 amide bonds. The third-order valence-corrected chi connectivity index (χ3v) is 2.95. The van der Waals surface area contributed by atoms with Crippen LogP contribution in [-0.4, -0.2) is 53.7 Å². The molecule has 1 rings (SSSR count). The van der Waals surface area contributed by atoms with Crippen LogP contribution in [0.25, 0.3) is 0 Å². The van der Waals surface area contributed by atoms with Crippen LogP contribution in [0.1, 0.15) is 17.3 Å². The van der Waals surface area contributed by atoms with E-state index in [0.29, 0.717) is 19.6 Å². The average molecular weight is 269 g/mol. The maximum Gasteiger partial charge on any atom is 0.169 e. The Labute approximate surface area is 112 Å². The molecule has 0 bridgehead atoms. The number of hydrogen-bond donors (Lipinski definition) is 2. The predicted molar refractivity (Wildman–Crippen MR) is 70.5 cm³/mol. The quantitative estimate of drug-likeness (QED) is 0.689. The summed E-state index contributed by atoms with van der Waals surface area (Å²) >= 11 is 0. The molecule has 1 aromatic rings. The molecule has 0 radical (unpaired) electrons. The number of rotatable bonds is 8. The molecule has 0 heterocycles. The highest BCUT2D eigenvalue weighted by Gasteiger charge is 2.20. The first-order chi connectivity index (χ1) is 9.10. The van der Waals surface area contributed by atoms with Crippen LogP contribution >= 0.6 is 0 Å². The van der Waals surface area contributed by atoms with E-state index in [1.54, 1.807) is 24.0 Å². The first kappa shape index (κ1) is 15.8. The van der Waals surface area contributed by atoms with E-state index in [9.17, 15) is 9.18 Å². The van der Waals surface area contributed by atoms with Gasteiger partial charge in [0, 0.05) is 25.6 Å². The molecule has 0 aliphatic carbocycles. The standard InChI is InChI=1S/C14H20FNO3/c1-11(10-16(6-8-17)7-9-18)14(19)12-4-2-3-5-13(12)15/h2-5,11,17-18H,6-10H2,1H3. The molecule has 1 unspecified atom stereocenters. The molecule has 1 aromatic carbocycles. The normalized spacial score (nSPS) is 12.7. The average Bonchev–Trinajstić information content (AvgIpc) is 2.39. The van der Waals surface area contributed by atoms with Crippen LogP contribution in [0, 0.1) is 11.7 Å². The fraction of sp³-hybridized carbons (Fsp3) is 0.500. The second-order valence-corrected chi connectivity index (χ2v) is 4.49. The summed E-state index contributed by atoms with van der Waals surface area (Å²) in [4.78, 5) is 13.9. The van der Waals surface area contributed by atoms with Crippen molar-refractivity contribution in [2.24, 2.45) is 5.92 Å². The van der Waals surface area contributed by atoms with Crippen molar-refractivity contribution >= 4 is 5.78 Å². The summed E-state index contributed by atoms with van der Waals surface area (Å²) in [7, 11) is 0. The van der Waals surface area contributed by atoms with Crippen molar-refractivity contribution in [3.63, 3.8) is 0 Å². The van der Waals surface area contributed by atoms with Gasteiger partial charge in [0.05, 0.1) is 18.8 Å². The zero-order valence-corrected chi connectivity index (χ0v) is 11.1. The van der Waals surface area contributed by atoms with Crippen molar-refractivity contribution in [1.82, 2.24) is 4.90 Å². The number of carbonyl (C=O) groups excluding carboxylic acids is 1. The summed E-state index contributed by atoms with van der Waals surface area (Å²) in [5.41, 5.74) is 0.0861. The predicted octanol–water partition coefficient (Wildman–Crippen LogP) is 0.931. The molecule has 0 saturated heterocycles. The highest BCUT2D eigenvalue weighted by Crippen LogP contribution is 2.13. The Morgan fingerprint density at radius 2 is 1.84 bits per heavy atom. The Hall–Kier alpha value is -1.30. The second-order valence-electron chi connectivity index (χ2n) is 4.49. The van der Waals surface area contributed by atoms with Gasteiger partial charge in [-0.2, -0.15) is 0 Å². The molecule has 4 nitrogen and oxygen atoms in total. The van der Waals surface area contributed by atoms with Crippen molar-refractivity contribution in [2.45, 2.75) is 6.92 Å². The Morgan fingerprint density at radius 1 is 1.26 bits per heavy atom. The van der Waals surface area contributed by atoms with Gasteiger partial charge in [-0.15, -0.1) is 0 Å². The first-order valence-electron chi connectivity index (χ1n) is 6.33. The number of nitrogens with zero attached hydrogens (tertiary/aromatic N) is 1. The molecule has 1 atom stereocenters. The van der Waals surface area contributed by atoms with Crippen LogP contribution in [0.2, 0.25) is 0 Å². The van der Waals surface area contributed by atoms with Crippen LogP contribution < -0.4 is 0 Å². The van der Waals surface area contributed by atoms with E-state index in [-0.39, 0.29) is 24.6 Å². The Kier molecular flexibility index (Phi) is 6.62. The van der Waals surface area contributed by atoms with E-state index in [1.807, 2.05) is 0 Å². The van der Waals surface area contributed by atoms with E-state index in [0.717, 1.165) is 0 Å². The molecule has 0 aliphatic heterocycles. The number of hydrogen-bond acceptors (Lipinski definition) is 4. The largest absolute Gasteiger partial charge is 0.395 e. The Morgan fingerprint density at radius 3 is 2.37 bits per heavy atom. The van der Waals surface area contributed by atoms with E-state index in [1.165, 1.54) is 12.1 Å². The lowest BCUT2D eigenvalue weighted by atomic mass is 9.98. The minimum absolute atomic E-state index is 0.0411. The lowest BCUT2D eigenvalue weighted by Gasteiger charge is -2.23. The third kappa shape index (κ3) is 4.70. The van der Waals surface area contributed by atoms with Crippen LogP contribution in [-0.2, 0) is 0 Å². The molecule has 0 aliphatic rings. The van der Waals surface area contributed by atoms with Crippen LogP contribution in [0.4, 0.5) is 4.39 Å². The summed E-state index contributed by atoms with van der Waals surface area (Å²) in [6.45, 7) is 2.79. The number of Topliss-reactive ketones (excluding diaryl/α,β-unsaturated/α-hetero) is 1. The fourth-order valence-corrected chi connectivity index (χ4v) is 1.97. The summed E-state index contributed by atoms with van der Waals surface area (Å²) in [6, 6.07) is 5.90. The molecule has 0 fully saturated rings. The SMILES string of the molecule is CC(CN(CCO)CCO)C(=O)c1ccccc1F. The molecule has 5 heteroatoms. The monoisotopic (exact) mass is 269 g/mol. The molecule has 0 saturated carbocycles. The maximum atomic E-state index is 13.5. The molecular formula is C14H20FNO3. The summed E-state index contributed by atoms with van der Waals surface area (Å²) in [5.74, 6) is -1.18. The van der Waals surface area contributed by atoms with Gasteiger partial charge in [-0.25, -0.2) is 4.39 Å². The lowest BCUT2D eigenvalue weighted by molar-refractivity contribution is 0.0860. The van der Waals surface area contributed by atoms with Gasteiger partial charge in [-0.3, -0.25) is 9.69 Å². The van der Waals surface area contributed by atoms with E-state index in [4.69, 9.17) is 10.2 Å². The number of aliphatic hydroxyl groups excluding tert-OH is 2. The smallest absolute Gasteiger partial charge is 0.169 e. The van der Waals surface area contributed by atoms with Gasteiger partial charge in [-0.1, -0.05) is 19.1 Å². The molecule has 0 spiro atoms. The summed E-state index contributed by atoms with van der Waals surface area (Å²) in [5, 5.41) is 17.8. The zero-order valence-electron chi connectivity index (χ0n) is 11.1. The highest BCUT2D eigenvalue weighted by atomic mass is 19.1. The molecular weight excluding hydrogens is 249 g/mol. The minimum Gasteiger partial charge on any atom is -0.395 e. The van der Waals surface area contributed by atoms with Crippen LogP contribution in [0.5, 0.6) is 0 Å². The Bertz CT molecular complexity index is 405. The molecule has 2 N–H and O–H groups in total. The van der Waals surface area contributed by atoms with Crippen molar-refractivity contribution in [2.75, 3.05) is 32.8 Å². The minimum atomic E-state index is -0.518. The molecule has 19 heavy (non-hydrogen) atoms. The van der Waals surface area contributed by atoms with E-state index >= 15 is 0 Å². The van der Waals surface area contributed by atoms with Gasteiger partial charge in [-0.05, 0) is 12.1 Å². The fourth-order valence-electron chi connectivity index (χ4n) is 1.97. The van der Waals surface area contributed by atoms with Gasteiger partial charge in [0.15, 0.2) is 5.78 Å². The third-order valence-electron chi connectivity index (χ3n) is 2.95. The van der Waals surface area contributed by atoms with E-state index < -0.39 is 11.7 Å². The van der Waals surface area contributed by atoms with Crippen molar-refractivity contribution in [3.8, 4) is 0 Å². The van der Waals surface area contributed by atoms with Crippen LogP contribution in [0.15, 0.2) is 24.3 Å². The lowest BCUT2D eigenvalue weighted by Crippen LogP contribution is -2.36. The number of aliphatic hydroxyl groups is 2. The van der Waals surface area contributed by atoms with E-state index in [2.05, 4.69) is 0 Å². The Balaban J connectivity index is 2.68. The van der Waals surface area contributed by atoms with Gasteiger partial charge in [0.2, 0.25) is 0 Å². The van der Waals surface area contributed by atoms with Crippen molar-refractivity contribution in [3.05, 3.63) is 35.6 Å². The van der Waals surface area contributed by atoms with Gasteiger partial charge < -0.3 is 10.2 Å². The topological polar surface area (TPSA) is 60.8 Å². The van der Waals surface area contributed by atoms with Gasteiger partial charge in [0.1, 0.15) is 5.82 Å². The van der Waals surface area contributed by atoms with Crippen LogP contribution in [0.3, 0.4) is 0 Å². The number of halogens is 1. The molecule has 106 valence electrons. The number of ketones is 1. The summed E-state index contributed by atoms with van der Waals surface area (Å²) in [6.07, 6.45) is 0. The first-order valence-corrected chi connectivity index (χ1v) is 6.33. The second kappa shape index (κ2) is 7.99. The van der Waals surface area contributed by atoms with Gasteiger partial charge in [0.25, 0.3) is 0 Å². The van der Waals surface area contributed by atoms with Crippen molar-refractivity contribution in [1.29, 1.82) is 0 Å². The number of benzene rings is 1.